The predicted molar refractivity (Wildman–Crippen MR) is 69.2 cm³/mol. The van der Waals surface area contributed by atoms with Crippen LogP contribution in [0.5, 0.6) is 0 Å². The summed E-state index contributed by atoms with van der Waals surface area (Å²) in [5.41, 5.74) is 6.87. The molecular weight excluding hydrogens is 236 g/mol. The van der Waals surface area contributed by atoms with Crippen LogP contribution in [0.1, 0.15) is 53.6 Å². The van der Waals surface area contributed by atoms with E-state index >= 15 is 0 Å². The van der Waals surface area contributed by atoms with Crippen LogP contribution >= 0.6 is 11.3 Å². The zero-order chi connectivity index (χ0) is 13.0. The van der Waals surface area contributed by atoms with E-state index in [4.69, 9.17) is 10.5 Å². The number of hydrogen-bond donors (Lipinski definition) is 1. The van der Waals surface area contributed by atoms with Gasteiger partial charge in [-0.3, -0.25) is 0 Å². The second-order valence-corrected chi connectivity index (χ2v) is 5.37. The maximum absolute atomic E-state index is 11.6. The highest BCUT2D eigenvalue weighted by Crippen LogP contribution is 2.28. The third-order valence-electron chi connectivity index (χ3n) is 2.57. The summed E-state index contributed by atoms with van der Waals surface area (Å²) in [5, 5.41) is 0.823. The van der Waals surface area contributed by atoms with Gasteiger partial charge in [-0.1, -0.05) is 27.2 Å². The Bertz CT molecular complexity index is 388. The van der Waals surface area contributed by atoms with Gasteiger partial charge in [0.1, 0.15) is 9.88 Å². The van der Waals surface area contributed by atoms with Crippen LogP contribution in [0.25, 0.3) is 0 Å². The Morgan fingerprint density at radius 1 is 1.53 bits per heavy atom. The molecule has 0 bridgehead atoms. The van der Waals surface area contributed by atoms with Gasteiger partial charge in [0.15, 0.2) is 0 Å². The van der Waals surface area contributed by atoms with Crippen LogP contribution in [0.15, 0.2) is 0 Å². The van der Waals surface area contributed by atoms with Gasteiger partial charge in [0.2, 0.25) is 0 Å². The number of esters is 1. The number of ether oxygens (including phenoxy) is 1. The van der Waals surface area contributed by atoms with Gasteiger partial charge in [-0.25, -0.2) is 9.78 Å². The van der Waals surface area contributed by atoms with Crippen LogP contribution in [0.4, 0.5) is 0 Å². The van der Waals surface area contributed by atoms with Crippen molar-refractivity contribution >= 4 is 17.3 Å². The smallest absolute Gasteiger partial charge is 0.349 e. The molecular formula is C12H20N2O2S. The Labute approximate surface area is 106 Å². The van der Waals surface area contributed by atoms with Crippen molar-refractivity contribution in [3.8, 4) is 0 Å². The number of nitrogens with two attached hydrogens (primary N) is 1. The van der Waals surface area contributed by atoms with Crippen molar-refractivity contribution in [2.24, 2.45) is 11.7 Å². The van der Waals surface area contributed by atoms with Crippen molar-refractivity contribution in [1.29, 1.82) is 0 Å². The molecule has 0 fully saturated rings. The summed E-state index contributed by atoms with van der Waals surface area (Å²) in [7, 11) is 1.39. The van der Waals surface area contributed by atoms with Gasteiger partial charge in [-0.2, -0.15) is 0 Å². The Balaban J connectivity index is 3.07. The number of methoxy groups -OCH3 is 1. The van der Waals surface area contributed by atoms with Gasteiger partial charge in [0.25, 0.3) is 0 Å². The van der Waals surface area contributed by atoms with Crippen LogP contribution in [-0.2, 0) is 11.2 Å². The van der Waals surface area contributed by atoms with Gasteiger partial charge in [0, 0.05) is 0 Å². The molecule has 1 unspecified atom stereocenters. The highest BCUT2D eigenvalue weighted by Gasteiger charge is 2.22. The summed E-state index contributed by atoms with van der Waals surface area (Å²) in [4.78, 5) is 16.7. The SMILES string of the molecule is CCCc1nc(C(N)C(C)C)sc1C(=O)OC. The predicted octanol–water partition coefficient (Wildman–Crippen LogP) is 2.54. The quantitative estimate of drug-likeness (QED) is 0.822. The first kappa shape index (κ1) is 14.1. The lowest BCUT2D eigenvalue weighted by atomic mass is 10.1. The van der Waals surface area contributed by atoms with Gasteiger partial charge in [0.05, 0.1) is 18.8 Å². The molecule has 0 amide bonds. The van der Waals surface area contributed by atoms with Crippen molar-refractivity contribution in [1.82, 2.24) is 4.98 Å². The molecule has 1 aromatic rings. The lowest BCUT2D eigenvalue weighted by Crippen LogP contribution is -2.16. The van der Waals surface area contributed by atoms with Crippen molar-refractivity contribution in [3.05, 3.63) is 15.6 Å². The monoisotopic (exact) mass is 256 g/mol. The molecule has 0 aliphatic rings. The number of carbonyl (C=O) groups is 1. The molecule has 96 valence electrons. The highest BCUT2D eigenvalue weighted by molar-refractivity contribution is 7.13. The summed E-state index contributed by atoms with van der Waals surface area (Å²) in [5.74, 6) is -0.00530. The minimum Gasteiger partial charge on any atom is -0.465 e. The maximum atomic E-state index is 11.6. The molecule has 1 heterocycles. The fourth-order valence-electron chi connectivity index (χ4n) is 1.46. The van der Waals surface area contributed by atoms with Crippen molar-refractivity contribution < 1.29 is 9.53 Å². The average Bonchev–Trinajstić information content (AvgIpc) is 2.71. The molecule has 2 N–H and O–H groups in total. The second kappa shape index (κ2) is 6.12. The summed E-state index contributed by atoms with van der Waals surface area (Å²) in [6.45, 7) is 6.15. The molecule has 0 aromatic carbocycles. The second-order valence-electron chi connectivity index (χ2n) is 4.34. The molecule has 0 saturated heterocycles. The number of nitrogens with zero attached hydrogens (tertiary/aromatic N) is 1. The minimum absolute atomic E-state index is 0.117. The first-order valence-electron chi connectivity index (χ1n) is 5.84. The van der Waals surface area contributed by atoms with Crippen LogP contribution in [0.2, 0.25) is 0 Å². The van der Waals surface area contributed by atoms with E-state index in [-0.39, 0.29) is 12.0 Å². The zero-order valence-corrected chi connectivity index (χ0v) is 11.6. The third kappa shape index (κ3) is 3.26. The first-order valence-corrected chi connectivity index (χ1v) is 6.66. The van der Waals surface area contributed by atoms with Crippen molar-refractivity contribution in [3.63, 3.8) is 0 Å². The number of aromatic nitrogens is 1. The van der Waals surface area contributed by atoms with E-state index in [0.29, 0.717) is 10.8 Å². The van der Waals surface area contributed by atoms with E-state index < -0.39 is 0 Å². The summed E-state index contributed by atoms with van der Waals surface area (Å²) in [6.07, 6.45) is 1.73. The molecule has 4 nitrogen and oxygen atoms in total. The molecule has 0 saturated carbocycles. The Morgan fingerprint density at radius 2 is 2.18 bits per heavy atom. The Hall–Kier alpha value is -0.940. The van der Waals surface area contributed by atoms with Crippen LogP contribution in [-0.4, -0.2) is 18.1 Å². The third-order valence-corrected chi connectivity index (χ3v) is 3.75. The van der Waals surface area contributed by atoms with E-state index in [0.717, 1.165) is 23.5 Å². The number of carbonyl (C=O) groups excluding carboxylic acids is 1. The highest BCUT2D eigenvalue weighted by atomic mass is 32.1. The van der Waals surface area contributed by atoms with E-state index in [2.05, 4.69) is 11.9 Å². The summed E-state index contributed by atoms with van der Waals surface area (Å²) < 4.78 is 4.77. The fraction of sp³-hybridized carbons (Fsp3) is 0.667. The van der Waals surface area contributed by atoms with Gasteiger partial charge in [-0.15, -0.1) is 11.3 Å². The van der Waals surface area contributed by atoms with Crippen LogP contribution < -0.4 is 5.73 Å². The minimum atomic E-state index is -0.312. The van der Waals surface area contributed by atoms with Crippen molar-refractivity contribution in [2.45, 2.75) is 39.7 Å². The summed E-state index contributed by atoms with van der Waals surface area (Å²) >= 11 is 1.36. The molecule has 1 aromatic heterocycles. The van der Waals surface area contributed by atoms with E-state index in [1.165, 1.54) is 18.4 Å². The van der Waals surface area contributed by atoms with E-state index in [9.17, 15) is 4.79 Å². The maximum Gasteiger partial charge on any atom is 0.349 e. The average molecular weight is 256 g/mol. The molecule has 5 heteroatoms. The lowest BCUT2D eigenvalue weighted by Gasteiger charge is -2.11. The number of rotatable bonds is 5. The first-order chi connectivity index (χ1) is 8.01. The molecule has 0 spiro atoms. The van der Waals surface area contributed by atoms with Gasteiger partial charge < -0.3 is 10.5 Å². The summed E-state index contributed by atoms with van der Waals surface area (Å²) in [6, 6.07) is -0.117. The van der Waals surface area contributed by atoms with Gasteiger partial charge >= 0.3 is 5.97 Å². The van der Waals surface area contributed by atoms with E-state index in [1.54, 1.807) is 0 Å². The van der Waals surface area contributed by atoms with E-state index in [1.807, 2.05) is 13.8 Å². The fourth-order valence-corrected chi connectivity index (χ4v) is 2.66. The Kier molecular flexibility index (Phi) is 5.08. The normalized spacial score (nSPS) is 12.8. The zero-order valence-electron chi connectivity index (χ0n) is 10.8. The van der Waals surface area contributed by atoms with Crippen molar-refractivity contribution in [2.75, 3.05) is 7.11 Å². The lowest BCUT2D eigenvalue weighted by molar-refractivity contribution is 0.0605. The topological polar surface area (TPSA) is 65.2 Å². The molecule has 0 aliphatic heterocycles. The number of thiazole rings is 1. The van der Waals surface area contributed by atoms with Crippen LogP contribution in [0.3, 0.4) is 0 Å². The number of hydrogen-bond acceptors (Lipinski definition) is 5. The van der Waals surface area contributed by atoms with Crippen LogP contribution in [0, 0.1) is 5.92 Å². The number of aryl methyl sites for hydroxylation is 1. The molecule has 0 aliphatic carbocycles. The molecule has 1 atom stereocenters. The Morgan fingerprint density at radius 3 is 2.65 bits per heavy atom. The molecule has 1 rings (SSSR count). The molecule has 0 radical (unpaired) electrons. The standard InChI is InChI=1S/C12H20N2O2S/c1-5-6-8-10(12(15)16-4)17-11(14-8)9(13)7(2)3/h7,9H,5-6,13H2,1-4H3. The van der Waals surface area contributed by atoms with Gasteiger partial charge in [-0.05, 0) is 12.3 Å². The molecule has 17 heavy (non-hydrogen) atoms. The largest absolute Gasteiger partial charge is 0.465 e.